The number of ether oxygens (including phenoxy) is 1. The Hall–Kier alpha value is -0.643. The van der Waals surface area contributed by atoms with E-state index in [0.717, 1.165) is 12.0 Å². The Balaban J connectivity index is 5.52. The molecule has 0 unspecified atom stereocenters. The summed E-state index contributed by atoms with van der Waals surface area (Å²) in [6.45, 7) is 18.6. The monoisotopic (exact) mass is 296 g/mol. The fourth-order valence-electron chi connectivity index (χ4n) is 2.02. The van der Waals surface area contributed by atoms with Crippen molar-refractivity contribution >= 4 is 8.07 Å². The minimum absolute atomic E-state index is 0.299. The molecule has 0 saturated heterocycles. The first-order chi connectivity index (χ1) is 9.00. The van der Waals surface area contributed by atoms with Crippen LogP contribution in [0, 0.1) is 0 Å². The van der Waals surface area contributed by atoms with E-state index in [1.54, 1.807) is 6.08 Å². The lowest BCUT2D eigenvalue weighted by atomic mass is 10.0. The summed E-state index contributed by atoms with van der Waals surface area (Å²) >= 11 is 0. The van der Waals surface area contributed by atoms with Gasteiger partial charge in [0.05, 0.1) is 13.7 Å². The fourth-order valence-corrected chi connectivity index (χ4v) is 3.42. The van der Waals surface area contributed by atoms with E-state index in [1.165, 1.54) is 0 Å². The van der Waals surface area contributed by atoms with Crippen molar-refractivity contribution < 1.29 is 9.84 Å². The predicted molar refractivity (Wildman–Crippen MR) is 91.7 cm³/mol. The molecule has 20 heavy (non-hydrogen) atoms. The highest BCUT2D eigenvalue weighted by atomic mass is 28.3. The van der Waals surface area contributed by atoms with Crippen LogP contribution in [0.25, 0.3) is 0 Å². The van der Waals surface area contributed by atoms with Crippen LogP contribution in [0.4, 0.5) is 0 Å². The maximum Gasteiger partial charge on any atom is 0.109 e. The first kappa shape index (κ1) is 19.4. The Labute approximate surface area is 126 Å². The lowest BCUT2D eigenvalue weighted by molar-refractivity contribution is -0.0815. The highest BCUT2D eigenvalue weighted by Crippen LogP contribution is 2.24. The molecular weight excluding hydrogens is 264 g/mol. The molecule has 0 aromatic heterocycles. The number of allylic oxidation sites excluding steroid dienone is 2. The zero-order chi connectivity index (χ0) is 16.0. The zero-order valence-corrected chi connectivity index (χ0v) is 15.2. The number of hydrogen-bond donors (Lipinski definition) is 1. The van der Waals surface area contributed by atoms with Crippen LogP contribution in [0.1, 0.15) is 34.1 Å². The van der Waals surface area contributed by atoms with E-state index < -0.39 is 14.2 Å². The average Bonchev–Trinajstić information content (AvgIpc) is 2.22. The van der Waals surface area contributed by atoms with Crippen molar-refractivity contribution in [3.8, 4) is 0 Å². The molecule has 1 N–H and O–H groups in total. The lowest BCUT2D eigenvalue weighted by Gasteiger charge is -2.32. The molecule has 0 fully saturated rings. The molecule has 0 saturated carbocycles. The molecule has 0 rings (SSSR count). The van der Waals surface area contributed by atoms with Gasteiger partial charge in [-0.15, -0.1) is 6.58 Å². The van der Waals surface area contributed by atoms with E-state index in [2.05, 4.69) is 31.9 Å². The molecule has 0 aromatic carbocycles. The number of aliphatic hydroxyl groups is 1. The summed E-state index contributed by atoms with van der Waals surface area (Å²) in [4.78, 5) is 0. The molecule has 0 aromatic rings. The van der Waals surface area contributed by atoms with Crippen molar-refractivity contribution in [1.82, 2.24) is 0 Å². The van der Waals surface area contributed by atoms with Crippen molar-refractivity contribution in [2.75, 3.05) is 0 Å². The first-order valence-electron chi connectivity index (χ1n) is 7.31. The molecule has 0 aliphatic rings. The molecule has 0 heterocycles. The van der Waals surface area contributed by atoms with Crippen LogP contribution in [0.5, 0.6) is 0 Å². The van der Waals surface area contributed by atoms with Crippen molar-refractivity contribution in [3.05, 3.63) is 36.1 Å². The van der Waals surface area contributed by atoms with Crippen LogP contribution in [0.3, 0.4) is 0 Å². The van der Waals surface area contributed by atoms with Crippen LogP contribution in [-0.4, -0.2) is 31.0 Å². The SMILES string of the molecule is C=CC/C(=C\[Si](C)(C)C)[C@@H](OC(C)(C)C)[C@H](O)/C=C/C. The third-order valence-corrected chi connectivity index (χ3v) is 3.78. The third kappa shape index (κ3) is 8.51. The van der Waals surface area contributed by atoms with Gasteiger partial charge in [0.25, 0.3) is 0 Å². The standard InChI is InChI=1S/C17H32O2Si/c1-9-11-14(13-20(6,7)8)16(15(18)12-10-2)19-17(3,4)5/h9-10,12-13,15-16,18H,1,11H2,2-8H3/b12-10+,14-13+/t15-,16-/m1/s1. The Morgan fingerprint density at radius 3 is 2.20 bits per heavy atom. The molecule has 0 bridgehead atoms. The van der Waals surface area contributed by atoms with Crippen molar-refractivity contribution in [3.63, 3.8) is 0 Å². The Morgan fingerprint density at radius 1 is 1.30 bits per heavy atom. The Bertz CT molecular complexity index is 356. The van der Waals surface area contributed by atoms with Gasteiger partial charge in [-0.3, -0.25) is 0 Å². The molecule has 3 heteroatoms. The molecule has 2 atom stereocenters. The molecule has 0 aliphatic heterocycles. The highest BCUT2D eigenvalue weighted by molar-refractivity contribution is 6.81. The summed E-state index contributed by atoms with van der Waals surface area (Å²) in [7, 11) is -1.39. The van der Waals surface area contributed by atoms with Crippen LogP contribution in [0.15, 0.2) is 36.1 Å². The van der Waals surface area contributed by atoms with Crippen LogP contribution >= 0.6 is 0 Å². The zero-order valence-electron chi connectivity index (χ0n) is 14.2. The normalized spacial score (nSPS) is 17.3. The number of aliphatic hydroxyl groups excluding tert-OH is 1. The molecule has 0 spiro atoms. The molecule has 0 aliphatic carbocycles. The van der Waals surface area contributed by atoms with E-state index >= 15 is 0 Å². The van der Waals surface area contributed by atoms with E-state index in [9.17, 15) is 5.11 Å². The Morgan fingerprint density at radius 2 is 1.85 bits per heavy atom. The molecule has 116 valence electrons. The summed E-state index contributed by atoms with van der Waals surface area (Å²) in [5.41, 5.74) is 3.16. The van der Waals surface area contributed by atoms with Gasteiger partial charge in [0, 0.05) is 0 Å². The van der Waals surface area contributed by atoms with Crippen LogP contribution in [0.2, 0.25) is 19.6 Å². The van der Waals surface area contributed by atoms with Crippen molar-refractivity contribution in [2.24, 2.45) is 0 Å². The van der Waals surface area contributed by atoms with E-state index in [-0.39, 0.29) is 11.7 Å². The second-order valence-corrected chi connectivity index (χ2v) is 12.3. The third-order valence-electron chi connectivity index (χ3n) is 2.54. The summed E-state index contributed by atoms with van der Waals surface area (Å²) in [6, 6.07) is 0. The van der Waals surface area contributed by atoms with Crippen LogP contribution < -0.4 is 0 Å². The quantitative estimate of drug-likeness (QED) is 0.554. The van der Waals surface area contributed by atoms with Gasteiger partial charge in [-0.2, -0.15) is 0 Å². The lowest BCUT2D eigenvalue weighted by Crippen LogP contribution is -2.37. The first-order valence-corrected chi connectivity index (χ1v) is 10.9. The van der Waals surface area contributed by atoms with Gasteiger partial charge < -0.3 is 9.84 Å². The second kappa shape index (κ2) is 7.96. The van der Waals surface area contributed by atoms with Gasteiger partial charge in [-0.25, -0.2) is 0 Å². The largest absolute Gasteiger partial charge is 0.386 e. The van der Waals surface area contributed by atoms with E-state index in [0.29, 0.717) is 0 Å². The van der Waals surface area contributed by atoms with Crippen molar-refractivity contribution in [1.29, 1.82) is 0 Å². The molecular formula is C17H32O2Si. The van der Waals surface area contributed by atoms with Gasteiger partial charge in [-0.1, -0.05) is 43.6 Å². The van der Waals surface area contributed by atoms with Gasteiger partial charge in [-0.05, 0) is 39.7 Å². The van der Waals surface area contributed by atoms with E-state index in [4.69, 9.17) is 4.74 Å². The smallest absolute Gasteiger partial charge is 0.109 e. The maximum atomic E-state index is 10.4. The number of hydrogen-bond acceptors (Lipinski definition) is 2. The topological polar surface area (TPSA) is 29.5 Å². The summed E-state index contributed by atoms with van der Waals surface area (Å²) in [5.74, 6) is 0. The second-order valence-electron chi connectivity index (χ2n) is 7.25. The Kier molecular flexibility index (Phi) is 7.70. The molecule has 0 radical (unpaired) electrons. The maximum absolute atomic E-state index is 10.4. The minimum Gasteiger partial charge on any atom is -0.386 e. The molecule has 2 nitrogen and oxygen atoms in total. The summed E-state index contributed by atoms with van der Waals surface area (Å²) < 4.78 is 6.12. The highest BCUT2D eigenvalue weighted by Gasteiger charge is 2.28. The minimum atomic E-state index is -1.39. The summed E-state index contributed by atoms with van der Waals surface area (Å²) in [6.07, 6.45) is 5.35. The fraction of sp³-hybridized carbons (Fsp3) is 0.647. The average molecular weight is 297 g/mol. The molecule has 0 amide bonds. The van der Waals surface area contributed by atoms with Gasteiger partial charge in [0.2, 0.25) is 0 Å². The predicted octanol–water partition coefficient (Wildman–Crippen LogP) is 4.49. The van der Waals surface area contributed by atoms with E-state index in [1.807, 2.05) is 39.8 Å². The number of rotatable bonds is 7. The van der Waals surface area contributed by atoms with Gasteiger partial charge in [0.15, 0.2) is 0 Å². The van der Waals surface area contributed by atoms with Crippen molar-refractivity contribution in [2.45, 2.75) is 71.6 Å². The summed E-state index contributed by atoms with van der Waals surface area (Å²) in [5, 5.41) is 10.4. The van der Waals surface area contributed by atoms with Gasteiger partial charge in [0.1, 0.15) is 12.2 Å². The van der Waals surface area contributed by atoms with Gasteiger partial charge >= 0.3 is 0 Å². The van der Waals surface area contributed by atoms with Crippen LogP contribution in [-0.2, 0) is 4.74 Å².